The van der Waals surface area contributed by atoms with Gasteiger partial charge in [-0.3, -0.25) is 9.78 Å². The number of nitrogens with one attached hydrogen (secondary N) is 1. The largest absolute Gasteiger partial charge is 0.452 e. The van der Waals surface area contributed by atoms with E-state index in [1.54, 1.807) is 30.6 Å². The summed E-state index contributed by atoms with van der Waals surface area (Å²) < 4.78 is 4.87. The van der Waals surface area contributed by atoms with Crippen molar-refractivity contribution in [3.63, 3.8) is 0 Å². The molecule has 6 heteroatoms. The third-order valence-electron chi connectivity index (χ3n) is 2.41. The van der Waals surface area contributed by atoms with Crippen LogP contribution in [0, 0.1) is 6.92 Å². The SMILES string of the molecule is Cc1ccc(NC(=O)COC(=O)c2cccnc2)nc1. The fraction of sp³-hybridized carbons (Fsp3) is 0.143. The third kappa shape index (κ3) is 3.88. The quantitative estimate of drug-likeness (QED) is 0.854. The number of nitrogens with zero attached hydrogens (tertiary/aromatic N) is 2. The highest BCUT2D eigenvalue weighted by Crippen LogP contribution is 2.04. The first kappa shape index (κ1) is 13.7. The summed E-state index contributed by atoms with van der Waals surface area (Å²) in [5.41, 5.74) is 1.29. The number of amides is 1. The van der Waals surface area contributed by atoms with Crippen LogP contribution in [0.2, 0.25) is 0 Å². The number of hydrogen-bond acceptors (Lipinski definition) is 5. The Morgan fingerprint density at radius 1 is 1.25 bits per heavy atom. The molecule has 0 aliphatic carbocycles. The Labute approximate surface area is 115 Å². The minimum Gasteiger partial charge on any atom is -0.452 e. The molecule has 1 amide bonds. The van der Waals surface area contributed by atoms with Gasteiger partial charge in [0.25, 0.3) is 5.91 Å². The maximum absolute atomic E-state index is 11.6. The Balaban J connectivity index is 1.83. The lowest BCUT2D eigenvalue weighted by atomic mass is 10.3. The van der Waals surface area contributed by atoms with E-state index < -0.39 is 11.9 Å². The summed E-state index contributed by atoms with van der Waals surface area (Å²) >= 11 is 0. The van der Waals surface area contributed by atoms with E-state index in [9.17, 15) is 9.59 Å². The summed E-state index contributed by atoms with van der Waals surface area (Å²) in [6.07, 6.45) is 4.56. The number of hydrogen-bond donors (Lipinski definition) is 1. The van der Waals surface area contributed by atoms with Gasteiger partial charge in [-0.15, -0.1) is 0 Å². The molecule has 102 valence electrons. The first-order chi connectivity index (χ1) is 9.65. The number of aryl methyl sites for hydroxylation is 1. The van der Waals surface area contributed by atoms with Crippen LogP contribution in [-0.2, 0) is 9.53 Å². The van der Waals surface area contributed by atoms with E-state index in [2.05, 4.69) is 15.3 Å². The Kier molecular flexibility index (Phi) is 4.39. The summed E-state index contributed by atoms with van der Waals surface area (Å²) in [5.74, 6) is -0.623. The van der Waals surface area contributed by atoms with Crippen molar-refractivity contribution in [3.8, 4) is 0 Å². The Bertz CT molecular complexity index is 597. The Hall–Kier alpha value is -2.76. The number of carbonyl (C=O) groups excluding carboxylic acids is 2. The van der Waals surface area contributed by atoms with Crippen molar-refractivity contribution < 1.29 is 14.3 Å². The lowest BCUT2D eigenvalue weighted by Gasteiger charge is -2.06. The molecule has 0 atom stereocenters. The molecule has 2 aromatic rings. The van der Waals surface area contributed by atoms with Gasteiger partial charge in [0, 0.05) is 18.6 Å². The first-order valence-electron chi connectivity index (χ1n) is 5.95. The number of aromatic nitrogens is 2. The van der Waals surface area contributed by atoms with Crippen molar-refractivity contribution in [3.05, 3.63) is 54.0 Å². The van der Waals surface area contributed by atoms with Crippen LogP contribution in [0.1, 0.15) is 15.9 Å². The van der Waals surface area contributed by atoms with Gasteiger partial charge in [-0.25, -0.2) is 9.78 Å². The molecule has 0 saturated heterocycles. The zero-order valence-corrected chi connectivity index (χ0v) is 10.9. The van der Waals surface area contributed by atoms with Crippen LogP contribution in [0.25, 0.3) is 0 Å². The molecule has 20 heavy (non-hydrogen) atoms. The zero-order chi connectivity index (χ0) is 14.4. The van der Waals surface area contributed by atoms with Crippen molar-refractivity contribution in [2.24, 2.45) is 0 Å². The minimum absolute atomic E-state index is 0.300. The van der Waals surface area contributed by atoms with Crippen molar-refractivity contribution in [2.45, 2.75) is 6.92 Å². The van der Waals surface area contributed by atoms with Gasteiger partial charge in [0.05, 0.1) is 5.56 Å². The van der Waals surface area contributed by atoms with Gasteiger partial charge in [-0.2, -0.15) is 0 Å². The highest BCUT2D eigenvalue weighted by Gasteiger charge is 2.10. The maximum atomic E-state index is 11.6. The molecule has 2 rings (SSSR count). The van der Waals surface area contributed by atoms with Crippen LogP contribution in [0.3, 0.4) is 0 Å². The number of anilines is 1. The first-order valence-corrected chi connectivity index (χ1v) is 5.95. The zero-order valence-electron chi connectivity index (χ0n) is 10.9. The summed E-state index contributed by atoms with van der Waals surface area (Å²) in [4.78, 5) is 31.0. The van der Waals surface area contributed by atoms with E-state index in [1.165, 1.54) is 6.20 Å². The lowest BCUT2D eigenvalue weighted by molar-refractivity contribution is -0.119. The van der Waals surface area contributed by atoms with Gasteiger partial charge in [-0.1, -0.05) is 6.07 Å². The monoisotopic (exact) mass is 271 g/mol. The minimum atomic E-state index is -0.592. The molecule has 1 N–H and O–H groups in total. The van der Waals surface area contributed by atoms with Crippen molar-refractivity contribution in [2.75, 3.05) is 11.9 Å². The van der Waals surface area contributed by atoms with Gasteiger partial charge >= 0.3 is 5.97 Å². The molecule has 0 spiro atoms. The summed E-state index contributed by atoms with van der Waals surface area (Å²) in [7, 11) is 0. The molecule has 0 bridgehead atoms. The van der Waals surface area contributed by atoms with Crippen molar-refractivity contribution in [1.82, 2.24) is 9.97 Å². The van der Waals surface area contributed by atoms with E-state index >= 15 is 0 Å². The van der Waals surface area contributed by atoms with Crippen LogP contribution in [-0.4, -0.2) is 28.5 Å². The summed E-state index contributed by atoms with van der Waals surface area (Å²) in [5, 5.41) is 2.53. The molecule has 0 fully saturated rings. The van der Waals surface area contributed by atoms with Gasteiger partial charge in [0.15, 0.2) is 6.61 Å². The second-order valence-electron chi connectivity index (χ2n) is 4.09. The fourth-order valence-electron chi connectivity index (χ4n) is 1.42. The predicted molar refractivity (Wildman–Crippen MR) is 72.1 cm³/mol. The number of ether oxygens (including phenoxy) is 1. The van der Waals surface area contributed by atoms with Gasteiger partial charge in [-0.05, 0) is 30.7 Å². The van der Waals surface area contributed by atoms with Crippen molar-refractivity contribution in [1.29, 1.82) is 0 Å². The maximum Gasteiger partial charge on any atom is 0.340 e. The molecule has 0 aliphatic rings. The molecular formula is C14H13N3O3. The molecule has 0 saturated carbocycles. The standard InChI is InChI=1S/C14H13N3O3/c1-10-4-5-12(16-7-10)17-13(18)9-20-14(19)11-3-2-6-15-8-11/h2-8H,9H2,1H3,(H,16,17,18). The van der Waals surface area contributed by atoms with E-state index in [0.717, 1.165) is 5.56 Å². The number of rotatable bonds is 4. The number of esters is 1. The second kappa shape index (κ2) is 6.42. The van der Waals surface area contributed by atoms with E-state index in [-0.39, 0.29) is 6.61 Å². The van der Waals surface area contributed by atoms with E-state index in [4.69, 9.17) is 4.74 Å². The molecule has 0 radical (unpaired) electrons. The van der Waals surface area contributed by atoms with Crippen molar-refractivity contribution >= 4 is 17.7 Å². The van der Waals surface area contributed by atoms with Crippen LogP contribution in [0.5, 0.6) is 0 Å². The molecule has 2 aromatic heterocycles. The van der Waals surface area contributed by atoms with Gasteiger partial charge in [0.1, 0.15) is 5.82 Å². The average Bonchev–Trinajstić information content (AvgIpc) is 2.48. The van der Waals surface area contributed by atoms with E-state index in [0.29, 0.717) is 11.4 Å². The summed E-state index contributed by atoms with van der Waals surface area (Å²) in [6.45, 7) is 1.53. The van der Waals surface area contributed by atoms with E-state index in [1.807, 2.05) is 13.0 Å². The molecule has 0 unspecified atom stereocenters. The highest BCUT2D eigenvalue weighted by molar-refractivity contribution is 5.94. The Morgan fingerprint density at radius 3 is 2.75 bits per heavy atom. The topological polar surface area (TPSA) is 81.2 Å². The average molecular weight is 271 g/mol. The van der Waals surface area contributed by atoms with Gasteiger partial charge < -0.3 is 10.1 Å². The van der Waals surface area contributed by atoms with Crippen LogP contribution in [0.15, 0.2) is 42.9 Å². The summed E-state index contributed by atoms with van der Waals surface area (Å²) in [6, 6.07) is 6.68. The van der Waals surface area contributed by atoms with Crippen LogP contribution < -0.4 is 5.32 Å². The molecule has 0 aromatic carbocycles. The normalized spacial score (nSPS) is 9.85. The predicted octanol–water partition coefficient (Wildman–Crippen LogP) is 1.58. The third-order valence-corrected chi connectivity index (χ3v) is 2.41. The lowest BCUT2D eigenvalue weighted by Crippen LogP contribution is -2.21. The number of carbonyl (C=O) groups is 2. The highest BCUT2D eigenvalue weighted by atomic mass is 16.5. The van der Waals surface area contributed by atoms with Crippen LogP contribution in [0.4, 0.5) is 5.82 Å². The number of pyridine rings is 2. The molecule has 2 heterocycles. The molecular weight excluding hydrogens is 258 g/mol. The smallest absolute Gasteiger partial charge is 0.340 e. The fourth-order valence-corrected chi connectivity index (χ4v) is 1.42. The molecule has 0 aliphatic heterocycles. The molecule has 6 nitrogen and oxygen atoms in total. The van der Waals surface area contributed by atoms with Crippen LogP contribution >= 0.6 is 0 Å². The van der Waals surface area contributed by atoms with Gasteiger partial charge in [0.2, 0.25) is 0 Å². The second-order valence-corrected chi connectivity index (χ2v) is 4.09. The Morgan fingerprint density at radius 2 is 2.10 bits per heavy atom.